The first-order chi connectivity index (χ1) is 13.5. The second kappa shape index (κ2) is 8.91. The lowest BCUT2D eigenvalue weighted by atomic mass is 9.60. The Morgan fingerprint density at radius 2 is 1.66 bits per heavy atom. The van der Waals surface area contributed by atoms with E-state index in [1.165, 1.54) is 75.3 Å². The van der Waals surface area contributed by atoms with Crippen molar-refractivity contribution in [2.24, 2.45) is 22.0 Å². The topological polar surface area (TPSA) is 26.0 Å². The van der Waals surface area contributed by atoms with Gasteiger partial charge in [-0.1, -0.05) is 70.7 Å². The molecule has 1 aromatic carbocycles. The van der Waals surface area contributed by atoms with Gasteiger partial charge in [-0.25, -0.2) is 0 Å². The third-order valence-electron chi connectivity index (χ3n) is 8.02. The molecule has 2 N–H and O–H groups in total. The van der Waals surface area contributed by atoms with Gasteiger partial charge in [0.05, 0.1) is 0 Å². The summed E-state index contributed by atoms with van der Waals surface area (Å²) >= 11 is 6.83. The van der Waals surface area contributed by atoms with E-state index < -0.39 is 0 Å². The van der Waals surface area contributed by atoms with Gasteiger partial charge in [0.2, 0.25) is 0 Å². The number of aryl methyl sites for hydroxylation is 1. The molecule has 1 atom stereocenters. The van der Waals surface area contributed by atoms with Gasteiger partial charge in [-0.15, -0.1) is 0 Å². The highest BCUT2D eigenvalue weighted by molar-refractivity contribution is 6.31. The summed E-state index contributed by atoms with van der Waals surface area (Å²) in [6.45, 7) is 11.9. The normalized spacial score (nSPS) is 24.9. The number of hydrogen-bond acceptors (Lipinski definition) is 1. The van der Waals surface area contributed by atoms with Crippen LogP contribution in [-0.4, -0.2) is 6.04 Å². The van der Waals surface area contributed by atoms with Crippen molar-refractivity contribution >= 4 is 11.6 Å². The molecule has 0 bridgehead atoms. The third-order valence-corrected chi connectivity index (χ3v) is 8.34. The van der Waals surface area contributed by atoms with Crippen LogP contribution in [0.5, 0.6) is 0 Å². The van der Waals surface area contributed by atoms with Crippen molar-refractivity contribution in [2.75, 3.05) is 0 Å². The zero-order valence-corrected chi connectivity index (χ0v) is 20.4. The molecule has 0 heterocycles. The van der Waals surface area contributed by atoms with E-state index in [0.717, 1.165) is 11.4 Å². The second-order valence-electron chi connectivity index (χ2n) is 12.0. The number of halogens is 1. The minimum absolute atomic E-state index is 0.312. The van der Waals surface area contributed by atoms with E-state index in [2.05, 4.69) is 52.8 Å². The Morgan fingerprint density at radius 3 is 2.21 bits per heavy atom. The van der Waals surface area contributed by atoms with Crippen molar-refractivity contribution in [1.82, 2.24) is 0 Å². The number of hydrogen-bond donors (Lipinski definition) is 1. The van der Waals surface area contributed by atoms with E-state index >= 15 is 0 Å². The van der Waals surface area contributed by atoms with Crippen molar-refractivity contribution in [2.45, 2.75) is 117 Å². The van der Waals surface area contributed by atoms with Gasteiger partial charge in [-0.05, 0) is 97.6 Å². The van der Waals surface area contributed by atoms with Crippen LogP contribution in [0, 0.1) is 16.2 Å². The molecule has 29 heavy (non-hydrogen) atoms. The lowest BCUT2D eigenvalue weighted by Gasteiger charge is -2.45. The molecule has 0 aromatic heterocycles. The van der Waals surface area contributed by atoms with Crippen LogP contribution in [0.2, 0.25) is 5.02 Å². The fraction of sp³-hybridized carbons (Fsp3) is 0.778. The van der Waals surface area contributed by atoms with Gasteiger partial charge in [0.1, 0.15) is 0 Å². The zero-order valence-electron chi connectivity index (χ0n) is 19.6. The van der Waals surface area contributed by atoms with Crippen molar-refractivity contribution in [3.8, 4) is 0 Å². The molecule has 2 saturated carbocycles. The molecular formula is C27H44ClN. The Bertz CT molecular complexity index is 666. The first-order valence-corrected chi connectivity index (χ1v) is 12.4. The Balaban J connectivity index is 1.64. The summed E-state index contributed by atoms with van der Waals surface area (Å²) in [6, 6.07) is 7.24. The van der Waals surface area contributed by atoms with Gasteiger partial charge in [0.25, 0.3) is 0 Å². The lowest BCUT2D eigenvalue weighted by Crippen LogP contribution is -2.41. The zero-order chi connectivity index (χ0) is 21.3. The molecule has 0 radical (unpaired) electrons. The van der Waals surface area contributed by atoms with E-state index in [-0.39, 0.29) is 0 Å². The van der Waals surface area contributed by atoms with Crippen LogP contribution in [0.3, 0.4) is 0 Å². The molecule has 1 unspecified atom stereocenters. The highest BCUT2D eigenvalue weighted by Crippen LogP contribution is 2.52. The van der Waals surface area contributed by atoms with Crippen LogP contribution >= 0.6 is 11.6 Å². The molecule has 0 spiro atoms. The Labute approximate surface area is 185 Å². The molecule has 2 heteroatoms. The van der Waals surface area contributed by atoms with E-state index in [0.29, 0.717) is 28.2 Å². The Morgan fingerprint density at radius 1 is 1.03 bits per heavy atom. The van der Waals surface area contributed by atoms with Crippen molar-refractivity contribution in [3.63, 3.8) is 0 Å². The quantitative estimate of drug-likeness (QED) is 0.494. The van der Waals surface area contributed by atoms with Crippen LogP contribution in [-0.2, 0) is 6.42 Å². The van der Waals surface area contributed by atoms with Crippen molar-refractivity contribution in [1.29, 1.82) is 0 Å². The van der Waals surface area contributed by atoms with Crippen molar-refractivity contribution in [3.05, 3.63) is 34.3 Å². The van der Waals surface area contributed by atoms with Gasteiger partial charge >= 0.3 is 0 Å². The molecule has 2 aliphatic rings. The average molecular weight is 418 g/mol. The lowest BCUT2D eigenvalue weighted by molar-refractivity contribution is 0.0969. The maximum Gasteiger partial charge on any atom is 0.0443 e. The SMILES string of the molecule is CC(N)C1(CCCc2ccc(C3CC(C)(C)CC(C)(C)C3)c(Cl)c2)CCCCC1. The molecular weight excluding hydrogens is 374 g/mol. The van der Waals surface area contributed by atoms with Crippen LogP contribution in [0.25, 0.3) is 0 Å². The second-order valence-corrected chi connectivity index (χ2v) is 12.4. The standard InChI is InChI=1S/C27H44ClN/c1-20(29)27(13-7-6-8-14-27)15-9-10-21-11-12-23(24(28)16-21)22-17-25(2,3)19-26(4,5)18-22/h11-12,16,20,22H,6-10,13-15,17-19,29H2,1-5H3. The molecule has 3 rings (SSSR count). The molecule has 164 valence electrons. The average Bonchev–Trinajstić information content (AvgIpc) is 2.60. The first-order valence-electron chi connectivity index (χ1n) is 12.1. The minimum Gasteiger partial charge on any atom is -0.327 e. The predicted octanol–water partition coefficient (Wildman–Crippen LogP) is 8.28. The Kier molecular flexibility index (Phi) is 7.11. The maximum atomic E-state index is 6.83. The van der Waals surface area contributed by atoms with Gasteiger partial charge in [-0.3, -0.25) is 0 Å². The van der Waals surface area contributed by atoms with E-state index in [1.54, 1.807) is 0 Å². The van der Waals surface area contributed by atoms with E-state index in [4.69, 9.17) is 17.3 Å². The number of rotatable bonds is 6. The maximum absolute atomic E-state index is 6.83. The van der Waals surface area contributed by atoms with Crippen LogP contribution in [0.15, 0.2) is 18.2 Å². The molecule has 1 aromatic rings. The summed E-state index contributed by atoms with van der Waals surface area (Å²) in [5.41, 5.74) is 10.4. The molecule has 0 amide bonds. The summed E-state index contributed by atoms with van der Waals surface area (Å²) in [7, 11) is 0. The molecule has 1 nitrogen and oxygen atoms in total. The monoisotopic (exact) mass is 417 g/mol. The van der Waals surface area contributed by atoms with Gasteiger partial charge in [-0.2, -0.15) is 0 Å². The van der Waals surface area contributed by atoms with Crippen molar-refractivity contribution < 1.29 is 0 Å². The van der Waals surface area contributed by atoms with E-state index in [9.17, 15) is 0 Å². The van der Waals surface area contributed by atoms with Gasteiger partial charge in [0.15, 0.2) is 0 Å². The highest BCUT2D eigenvalue weighted by Gasteiger charge is 2.39. The van der Waals surface area contributed by atoms with Gasteiger partial charge in [0, 0.05) is 11.1 Å². The van der Waals surface area contributed by atoms with Crippen LogP contribution in [0.4, 0.5) is 0 Å². The molecule has 0 aliphatic heterocycles. The largest absolute Gasteiger partial charge is 0.327 e. The van der Waals surface area contributed by atoms with Crippen LogP contribution < -0.4 is 5.73 Å². The fourth-order valence-corrected chi connectivity index (χ4v) is 7.31. The third kappa shape index (κ3) is 5.79. The van der Waals surface area contributed by atoms with Gasteiger partial charge < -0.3 is 5.73 Å². The fourth-order valence-electron chi connectivity index (χ4n) is 6.96. The predicted molar refractivity (Wildman–Crippen MR) is 128 cm³/mol. The smallest absolute Gasteiger partial charge is 0.0443 e. The number of nitrogens with two attached hydrogens (primary N) is 1. The summed E-state index contributed by atoms with van der Waals surface area (Å²) < 4.78 is 0. The van der Waals surface area contributed by atoms with Crippen LogP contribution in [0.1, 0.15) is 116 Å². The molecule has 2 aliphatic carbocycles. The molecule has 2 fully saturated rings. The summed E-state index contributed by atoms with van der Waals surface area (Å²) in [6.07, 6.45) is 14.1. The highest BCUT2D eigenvalue weighted by atomic mass is 35.5. The first kappa shape index (κ1) is 23.1. The molecule has 0 saturated heterocycles. The minimum atomic E-state index is 0.312. The Hall–Kier alpha value is -0.530. The van der Waals surface area contributed by atoms with E-state index in [1.807, 2.05) is 0 Å². The number of benzene rings is 1. The summed E-state index contributed by atoms with van der Waals surface area (Å²) in [4.78, 5) is 0. The summed E-state index contributed by atoms with van der Waals surface area (Å²) in [5.74, 6) is 0.582. The summed E-state index contributed by atoms with van der Waals surface area (Å²) in [5, 5.41) is 0.987.